The lowest BCUT2D eigenvalue weighted by atomic mass is 10.1. The first kappa shape index (κ1) is 12.5. The van der Waals surface area contributed by atoms with Crippen LogP contribution in [0.4, 0.5) is 0 Å². The second kappa shape index (κ2) is 5.16. The third kappa shape index (κ3) is 3.06. The minimum absolute atomic E-state index is 0.0644. The van der Waals surface area contributed by atoms with Crippen LogP contribution in [-0.2, 0) is 7.05 Å². The molecular weight excluding hydrogens is 214 g/mol. The molecule has 0 spiro atoms. The highest BCUT2D eigenvalue weighted by molar-refractivity contribution is 5.10. The van der Waals surface area contributed by atoms with Crippen LogP contribution < -0.4 is 5.73 Å². The summed E-state index contributed by atoms with van der Waals surface area (Å²) in [5.74, 6) is 0. The van der Waals surface area contributed by atoms with Crippen molar-refractivity contribution in [3.05, 3.63) is 18.0 Å². The highest BCUT2D eigenvalue weighted by atomic mass is 15.3. The van der Waals surface area contributed by atoms with Crippen LogP contribution >= 0.6 is 0 Å². The number of nitrogens with two attached hydrogens (primary N) is 1. The zero-order valence-corrected chi connectivity index (χ0v) is 11.0. The lowest BCUT2D eigenvalue weighted by molar-refractivity contribution is 0.0945. The molecule has 0 bridgehead atoms. The van der Waals surface area contributed by atoms with E-state index in [0.29, 0.717) is 6.04 Å². The van der Waals surface area contributed by atoms with Gasteiger partial charge in [0.25, 0.3) is 0 Å². The van der Waals surface area contributed by atoms with E-state index in [2.05, 4.69) is 28.9 Å². The van der Waals surface area contributed by atoms with E-state index in [9.17, 15) is 0 Å². The molecule has 5 nitrogen and oxygen atoms in total. The molecule has 1 aliphatic rings. The van der Waals surface area contributed by atoms with E-state index in [0.717, 1.165) is 31.7 Å². The molecule has 0 aliphatic carbocycles. The molecule has 2 N–H and O–H groups in total. The summed E-state index contributed by atoms with van der Waals surface area (Å²) < 4.78 is 1.81. The van der Waals surface area contributed by atoms with Gasteiger partial charge in [-0.15, -0.1) is 0 Å². The van der Waals surface area contributed by atoms with E-state index < -0.39 is 0 Å². The van der Waals surface area contributed by atoms with Crippen molar-refractivity contribution in [3.63, 3.8) is 0 Å². The van der Waals surface area contributed by atoms with E-state index in [-0.39, 0.29) is 6.04 Å². The van der Waals surface area contributed by atoms with Gasteiger partial charge in [0.15, 0.2) is 0 Å². The van der Waals surface area contributed by atoms with Crippen molar-refractivity contribution < 1.29 is 0 Å². The van der Waals surface area contributed by atoms with E-state index >= 15 is 0 Å². The van der Waals surface area contributed by atoms with Gasteiger partial charge in [-0.25, -0.2) is 0 Å². The summed E-state index contributed by atoms with van der Waals surface area (Å²) in [6.45, 7) is 6.54. The smallest absolute Gasteiger partial charge is 0.0537 e. The van der Waals surface area contributed by atoms with Crippen LogP contribution in [0.5, 0.6) is 0 Å². The molecule has 1 fully saturated rings. The normalized spacial score (nSPS) is 25.1. The second-order valence-corrected chi connectivity index (χ2v) is 5.16. The summed E-state index contributed by atoms with van der Waals surface area (Å²) in [7, 11) is 4.10. The molecule has 5 heteroatoms. The number of aryl methyl sites for hydroxylation is 1. The van der Waals surface area contributed by atoms with Crippen molar-refractivity contribution in [3.8, 4) is 0 Å². The monoisotopic (exact) mass is 237 g/mol. The maximum Gasteiger partial charge on any atom is 0.0537 e. The molecule has 2 heterocycles. The fourth-order valence-corrected chi connectivity index (χ4v) is 2.44. The molecule has 0 amide bonds. The molecule has 96 valence electrons. The van der Waals surface area contributed by atoms with E-state index in [1.54, 1.807) is 0 Å². The summed E-state index contributed by atoms with van der Waals surface area (Å²) in [5, 5.41) is 4.17. The first-order valence-corrected chi connectivity index (χ1v) is 6.23. The Kier molecular flexibility index (Phi) is 3.81. The molecule has 1 aromatic rings. The van der Waals surface area contributed by atoms with Gasteiger partial charge in [0, 0.05) is 57.1 Å². The van der Waals surface area contributed by atoms with Crippen LogP contribution in [0, 0.1) is 0 Å². The van der Waals surface area contributed by atoms with Gasteiger partial charge in [-0.1, -0.05) is 0 Å². The number of hydrogen-bond acceptors (Lipinski definition) is 4. The minimum atomic E-state index is 0.0644. The SMILES string of the molecule is CC1CN(C)CCN1CC(N)c1cnn(C)c1. The first-order chi connectivity index (χ1) is 8.06. The summed E-state index contributed by atoms with van der Waals surface area (Å²) in [6, 6.07) is 0.644. The summed E-state index contributed by atoms with van der Waals surface area (Å²) >= 11 is 0. The van der Waals surface area contributed by atoms with Crippen LogP contribution in [0.3, 0.4) is 0 Å². The van der Waals surface area contributed by atoms with Crippen molar-refractivity contribution in [1.29, 1.82) is 0 Å². The lowest BCUT2D eigenvalue weighted by Gasteiger charge is -2.39. The fraction of sp³-hybridized carbons (Fsp3) is 0.750. The van der Waals surface area contributed by atoms with Crippen molar-refractivity contribution in [2.75, 3.05) is 33.2 Å². The highest BCUT2D eigenvalue weighted by Gasteiger charge is 2.23. The molecule has 17 heavy (non-hydrogen) atoms. The molecule has 2 unspecified atom stereocenters. The van der Waals surface area contributed by atoms with Gasteiger partial charge in [-0.2, -0.15) is 5.10 Å². The number of piperazine rings is 1. The standard InChI is InChI=1S/C12H23N5/c1-10-7-15(2)4-5-17(10)9-12(13)11-6-14-16(3)8-11/h6,8,10,12H,4-5,7,9,13H2,1-3H3. The molecular formula is C12H23N5. The average Bonchev–Trinajstić information content (AvgIpc) is 2.69. The van der Waals surface area contributed by atoms with Gasteiger partial charge in [-0.05, 0) is 14.0 Å². The largest absolute Gasteiger partial charge is 0.323 e. The quantitative estimate of drug-likeness (QED) is 0.807. The zero-order valence-electron chi connectivity index (χ0n) is 11.0. The predicted octanol–water partition coefficient (Wildman–Crippen LogP) is 0.0558. The predicted molar refractivity (Wildman–Crippen MR) is 68.7 cm³/mol. The van der Waals surface area contributed by atoms with Gasteiger partial charge < -0.3 is 10.6 Å². The lowest BCUT2D eigenvalue weighted by Crippen LogP contribution is -2.52. The van der Waals surface area contributed by atoms with E-state index in [1.165, 1.54) is 0 Å². The Bertz CT molecular complexity index is 362. The molecule has 1 aromatic heterocycles. The van der Waals surface area contributed by atoms with Gasteiger partial charge in [0.05, 0.1) is 6.20 Å². The van der Waals surface area contributed by atoms with Crippen LogP contribution in [0.2, 0.25) is 0 Å². The Morgan fingerprint density at radius 1 is 1.47 bits per heavy atom. The van der Waals surface area contributed by atoms with E-state index in [4.69, 9.17) is 5.73 Å². The zero-order chi connectivity index (χ0) is 12.4. The first-order valence-electron chi connectivity index (χ1n) is 6.23. The minimum Gasteiger partial charge on any atom is -0.323 e. The maximum atomic E-state index is 6.23. The molecule has 2 rings (SSSR count). The van der Waals surface area contributed by atoms with Crippen molar-refractivity contribution >= 4 is 0 Å². The van der Waals surface area contributed by atoms with Gasteiger partial charge in [0.2, 0.25) is 0 Å². The van der Waals surface area contributed by atoms with Gasteiger partial charge >= 0.3 is 0 Å². The highest BCUT2D eigenvalue weighted by Crippen LogP contribution is 2.14. The Hall–Kier alpha value is -0.910. The molecule has 2 atom stereocenters. The third-order valence-corrected chi connectivity index (χ3v) is 3.55. The van der Waals surface area contributed by atoms with Crippen LogP contribution in [0.15, 0.2) is 12.4 Å². The Morgan fingerprint density at radius 2 is 2.24 bits per heavy atom. The number of nitrogens with zero attached hydrogens (tertiary/aromatic N) is 4. The van der Waals surface area contributed by atoms with Gasteiger partial charge in [-0.3, -0.25) is 9.58 Å². The molecule has 1 aliphatic heterocycles. The maximum absolute atomic E-state index is 6.23. The molecule has 0 saturated carbocycles. The van der Waals surface area contributed by atoms with Gasteiger partial charge in [0.1, 0.15) is 0 Å². The third-order valence-electron chi connectivity index (χ3n) is 3.55. The summed E-state index contributed by atoms with van der Waals surface area (Å²) in [4.78, 5) is 4.84. The summed E-state index contributed by atoms with van der Waals surface area (Å²) in [5.41, 5.74) is 7.35. The number of hydrogen-bond donors (Lipinski definition) is 1. The van der Waals surface area contributed by atoms with E-state index in [1.807, 2.05) is 24.1 Å². The van der Waals surface area contributed by atoms with Crippen LogP contribution in [0.25, 0.3) is 0 Å². The number of likely N-dealkylation sites (N-methyl/N-ethyl adjacent to an activating group) is 1. The van der Waals surface area contributed by atoms with Crippen LogP contribution in [0.1, 0.15) is 18.5 Å². The van der Waals surface area contributed by atoms with Crippen molar-refractivity contribution in [2.45, 2.75) is 19.0 Å². The average molecular weight is 237 g/mol. The van der Waals surface area contributed by atoms with Crippen molar-refractivity contribution in [2.24, 2.45) is 12.8 Å². The second-order valence-electron chi connectivity index (χ2n) is 5.16. The molecule has 0 aromatic carbocycles. The Balaban J connectivity index is 1.92. The number of rotatable bonds is 3. The van der Waals surface area contributed by atoms with Crippen LogP contribution in [-0.4, -0.2) is 58.8 Å². The van der Waals surface area contributed by atoms with Crippen molar-refractivity contribution in [1.82, 2.24) is 19.6 Å². The summed E-state index contributed by atoms with van der Waals surface area (Å²) in [6.07, 6.45) is 3.87. The number of aromatic nitrogens is 2. The Morgan fingerprint density at radius 3 is 2.82 bits per heavy atom. The molecule has 1 saturated heterocycles. The molecule has 0 radical (unpaired) electrons. The fourth-order valence-electron chi connectivity index (χ4n) is 2.44. The Labute approximate surface area is 103 Å². The topological polar surface area (TPSA) is 50.3 Å².